The maximum absolute atomic E-state index is 12.3. The molecule has 6 heteroatoms. The Morgan fingerprint density at radius 3 is 2.67 bits per heavy atom. The number of hydrogen-bond acceptors (Lipinski definition) is 3. The van der Waals surface area contributed by atoms with Crippen molar-refractivity contribution in [3.63, 3.8) is 0 Å². The lowest BCUT2D eigenvalue weighted by molar-refractivity contribution is -0.126. The molecule has 0 spiro atoms. The zero-order valence-corrected chi connectivity index (χ0v) is 16.6. The topological polar surface area (TPSA) is 89.3 Å². The number of benzene rings is 1. The van der Waals surface area contributed by atoms with Crippen LogP contribution in [0.2, 0.25) is 0 Å². The summed E-state index contributed by atoms with van der Waals surface area (Å²) in [5, 5.41) is 18.7. The highest BCUT2D eigenvalue weighted by Crippen LogP contribution is 2.24. The molecule has 1 aromatic rings. The minimum absolute atomic E-state index is 0.0695. The van der Waals surface area contributed by atoms with Gasteiger partial charge in [-0.3, -0.25) is 4.79 Å². The standard InChI is InChI=1S/C21H31N5O/c1-4-23-21(24-14-17-10-8-16(13-22)9-11-17)26-19-7-5-6-18(12-19)20(27)25-15(2)3/h8-11,15,18-19H,4-7,12,14H2,1-3H3,(H,25,27)(H2,23,24,26). The Hall–Kier alpha value is -2.55. The molecule has 0 radical (unpaired) electrons. The molecule has 6 nitrogen and oxygen atoms in total. The first-order chi connectivity index (χ1) is 13.0. The molecule has 1 saturated carbocycles. The fourth-order valence-electron chi connectivity index (χ4n) is 3.33. The van der Waals surface area contributed by atoms with Crippen molar-refractivity contribution in [1.29, 1.82) is 5.26 Å². The van der Waals surface area contributed by atoms with Gasteiger partial charge in [0.15, 0.2) is 5.96 Å². The number of aliphatic imine (C=N–C) groups is 1. The molecule has 2 atom stereocenters. The van der Waals surface area contributed by atoms with Crippen LogP contribution < -0.4 is 16.0 Å². The van der Waals surface area contributed by atoms with E-state index in [4.69, 9.17) is 5.26 Å². The molecule has 0 heterocycles. The van der Waals surface area contributed by atoms with Crippen LogP contribution in [0.5, 0.6) is 0 Å². The molecule has 0 aromatic heterocycles. The van der Waals surface area contributed by atoms with Crippen molar-refractivity contribution in [3.8, 4) is 6.07 Å². The Morgan fingerprint density at radius 1 is 1.30 bits per heavy atom. The predicted molar refractivity (Wildman–Crippen MR) is 108 cm³/mol. The van der Waals surface area contributed by atoms with Crippen LogP contribution >= 0.6 is 0 Å². The second-order valence-electron chi connectivity index (χ2n) is 7.37. The summed E-state index contributed by atoms with van der Waals surface area (Å²) in [5.41, 5.74) is 1.71. The van der Waals surface area contributed by atoms with E-state index in [1.54, 1.807) is 0 Å². The Morgan fingerprint density at radius 2 is 2.04 bits per heavy atom. The molecule has 1 amide bonds. The summed E-state index contributed by atoms with van der Waals surface area (Å²) in [6.45, 7) is 7.36. The number of nitrogens with one attached hydrogen (secondary N) is 3. The van der Waals surface area contributed by atoms with E-state index < -0.39 is 0 Å². The first-order valence-electron chi connectivity index (χ1n) is 9.86. The molecule has 1 fully saturated rings. The van der Waals surface area contributed by atoms with Crippen LogP contribution in [0, 0.1) is 17.2 Å². The lowest BCUT2D eigenvalue weighted by atomic mass is 9.85. The summed E-state index contributed by atoms with van der Waals surface area (Å²) in [6, 6.07) is 10.0. The summed E-state index contributed by atoms with van der Waals surface area (Å²) in [6.07, 6.45) is 3.88. The van der Waals surface area contributed by atoms with Crippen molar-refractivity contribution in [1.82, 2.24) is 16.0 Å². The van der Waals surface area contributed by atoms with Crippen molar-refractivity contribution in [2.45, 2.75) is 65.1 Å². The fraction of sp³-hybridized carbons (Fsp3) is 0.571. The van der Waals surface area contributed by atoms with Crippen LogP contribution in [-0.4, -0.2) is 30.5 Å². The Kier molecular flexibility index (Phi) is 8.12. The molecule has 1 aromatic carbocycles. The van der Waals surface area contributed by atoms with Gasteiger partial charge in [-0.05, 0) is 57.7 Å². The van der Waals surface area contributed by atoms with E-state index in [1.165, 1.54) is 0 Å². The second-order valence-corrected chi connectivity index (χ2v) is 7.37. The Labute approximate surface area is 162 Å². The molecule has 0 saturated heterocycles. The van der Waals surface area contributed by atoms with E-state index in [2.05, 4.69) is 27.0 Å². The first-order valence-corrected chi connectivity index (χ1v) is 9.86. The molecular formula is C21H31N5O. The highest BCUT2D eigenvalue weighted by molar-refractivity contribution is 5.81. The van der Waals surface area contributed by atoms with Gasteiger partial charge in [-0.15, -0.1) is 0 Å². The second kappa shape index (κ2) is 10.6. The third-order valence-corrected chi connectivity index (χ3v) is 4.66. The number of amides is 1. The average Bonchev–Trinajstić information content (AvgIpc) is 2.66. The number of nitriles is 1. The smallest absolute Gasteiger partial charge is 0.223 e. The highest BCUT2D eigenvalue weighted by Gasteiger charge is 2.27. The molecule has 1 aliphatic rings. The van der Waals surface area contributed by atoms with Gasteiger partial charge < -0.3 is 16.0 Å². The van der Waals surface area contributed by atoms with Crippen LogP contribution in [-0.2, 0) is 11.3 Å². The number of carbonyl (C=O) groups is 1. The SMILES string of the molecule is CCNC(=NCc1ccc(C#N)cc1)NC1CCCC(C(=O)NC(C)C)C1. The van der Waals surface area contributed by atoms with E-state index >= 15 is 0 Å². The van der Waals surface area contributed by atoms with Gasteiger partial charge in [0.2, 0.25) is 5.91 Å². The van der Waals surface area contributed by atoms with E-state index in [0.717, 1.165) is 43.8 Å². The van der Waals surface area contributed by atoms with Gasteiger partial charge in [-0.25, -0.2) is 4.99 Å². The van der Waals surface area contributed by atoms with Crippen LogP contribution in [0.3, 0.4) is 0 Å². The van der Waals surface area contributed by atoms with Gasteiger partial charge in [0.1, 0.15) is 0 Å². The van der Waals surface area contributed by atoms with E-state index in [1.807, 2.05) is 45.0 Å². The summed E-state index contributed by atoms with van der Waals surface area (Å²) >= 11 is 0. The minimum Gasteiger partial charge on any atom is -0.357 e. The van der Waals surface area contributed by atoms with E-state index in [-0.39, 0.29) is 23.9 Å². The average molecular weight is 370 g/mol. The van der Waals surface area contributed by atoms with Gasteiger partial charge in [0.25, 0.3) is 0 Å². The lowest BCUT2D eigenvalue weighted by Crippen LogP contribution is -2.47. The maximum Gasteiger partial charge on any atom is 0.223 e. The maximum atomic E-state index is 12.3. The fourth-order valence-corrected chi connectivity index (χ4v) is 3.33. The monoisotopic (exact) mass is 369 g/mol. The van der Waals surface area contributed by atoms with E-state index in [0.29, 0.717) is 12.1 Å². The number of hydrogen-bond donors (Lipinski definition) is 3. The Bertz CT molecular complexity index is 675. The van der Waals surface area contributed by atoms with Gasteiger partial charge in [-0.1, -0.05) is 18.6 Å². The number of carbonyl (C=O) groups excluding carboxylic acids is 1. The van der Waals surface area contributed by atoms with Crippen LogP contribution in [0.15, 0.2) is 29.3 Å². The lowest BCUT2D eigenvalue weighted by Gasteiger charge is -2.30. The van der Waals surface area contributed by atoms with Gasteiger partial charge >= 0.3 is 0 Å². The quantitative estimate of drug-likeness (QED) is 0.531. The molecule has 27 heavy (non-hydrogen) atoms. The molecular weight excluding hydrogens is 338 g/mol. The normalized spacial score (nSPS) is 20.0. The molecule has 3 N–H and O–H groups in total. The molecule has 146 valence electrons. The van der Waals surface area contributed by atoms with Crippen LogP contribution in [0.4, 0.5) is 0 Å². The summed E-state index contributed by atoms with van der Waals surface area (Å²) < 4.78 is 0. The minimum atomic E-state index is 0.0695. The number of nitrogens with zero attached hydrogens (tertiary/aromatic N) is 2. The van der Waals surface area contributed by atoms with Gasteiger partial charge in [-0.2, -0.15) is 5.26 Å². The molecule has 2 rings (SSSR count). The Balaban J connectivity index is 1.95. The summed E-state index contributed by atoms with van der Waals surface area (Å²) in [7, 11) is 0. The molecule has 0 aliphatic heterocycles. The van der Waals surface area contributed by atoms with Gasteiger partial charge in [0.05, 0.1) is 18.2 Å². The van der Waals surface area contributed by atoms with Crippen molar-refractivity contribution in [3.05, 3.63) is 35.4 Å². The third kappa shape index (κ3) is 6.93. The summed E-state index contributed by atoms with van der Waals surface area (Å²) in [5.74, 6) is 1.01. The van der Waals surface area contributed by atoms with Crippen LogP contribution in [0.1, 0.15) is 57.6 Å². The number of guanidine groups is 1. The summed E-state index contributed by atoms with van der Waals surface area (Å²) in [4.78, 5) is 17.0. The van der Waals surface area contributed by atoms with E-state index in [9.17, 15) is 4.79 Å². The molecule has 0 bridgehead atoms. The van der Waals surface area contributed by atoms with Gasteiger partial charge in [0, 0.05) is 24.5 Å². The van der Waals surface area contributed by atoms with Crippen molar-refractivity contribution >= 4 is 11.9 Å². The van der Waals surface area contributed by atoms with Crippen molar-refractivity contribution in [2.24, 2.45) is 10.9 Å². The van der Waals surface area contributed by atoms with Crippen molar-refractivity contribution in [2.75, 3.05) is 6.54 Å². The largest absolute Gasteiger partial charge is 0.357 e. The predicted octanol–water partition coefficient (Wildman–Crippen LogP) is 2.70. The van der Waals surface area contributed by atoms with Crippen LogP contribution in [0.25, 0.3) is 0 Å². The highest BCUT2D eigenvalue weighted by atomic mass is 16.1. The molecule has 2 unspecified atom stereocenters. The third-order valence-electron chi connectivity index (χ3n) is 4.66. The zero-order valence-electron chi connectivity index (χ0n) is 16.6. The molecule has 1 aliphatic carbocycles. The zero-order chi connectivity index (χ0) is 19.6. The first kappa shape index (κ1) is 20.8. The number of rotatable bonds is 6. The van der Waals surface area contributed by atoms with Crippen molar-refractivity contribution < 1.29 is 4.79 Å².